The summed E-state index contributed by atoms with van der Waals surface area (Å²) in [5.41, 5.74) is 0. The molecule has 0 aliphatic heterocycles. The third-order valence-corrected chi connectivity index (χ3v) is 3.31. The lowest BCUT2D eigenvalue weighted by molar-refractivity contribution is -0.150. The molecule has 0 aliphatic rings. The Kier molecular flexibility index (Phi) is 12.3. The summed E-state index contributed by atoms with van der Waals surface area (Å²) in [6.07, 6.45) is 9.19. The van der Waals surface area contributed by atoms with Crippen molar-refractivity contribution in [1.29, 1.82) is 0 Å². The average molecular weight is 285 g/mol. The first-order valence-electron chi connectivity index (χ1n) is 8.02. The molecule has 0 bridgehead atoms. The van der Waals surface area contributed by atoms with Crippen LogP contribution in [0, 0.1) is 0 Å². The van der Waals surface area contributed by atoms with Crippen LogP contribution in [0.4, 0.5) is 0 Å². The van der Waals surface area contributed by atoms with E-state index in [1.807, 2.05) is 4.90 Å². The molecule has 0 atom stereocenters. The number of nitrogens with zero attached hydrogens (tertiary/aromatic N) is 1. The van der Waals surface area contributed by atoms with Crippen LogP contribution in [0.5, 0.6) is 0 Å². The Bertz CT molecular complexity index is 254. The van der Waals surface area contributed by atoms with Crippen LogP contribution in [0.1, 0.15) is 72.1 Å². The number of esters is 1. The number of carbonyl (C=O) groups is 2. The maximum atomic E-state index is 12.0. The van der Waals surface area contributed by atoms with Crippen molar-refractivity contribution in [3.05, 3.63) is 0 Å². The van der Waals surface area contributed by atoms with Crippen molar-refractivity contribution < 1.29 is 14.3 Å². The third kappa shape index (κ3) is 10.8. The van der Waals surface area contributed by atoms with Crippen LogP contribution in [-0.2, 0) is 14.3 Å². The van der Waals surface area contributed by atoms with E-state index in [1.54, 1.807) is 0 Å². The minimum absolute atomic E-state index is 0.0619. The molecule has 0 saturated heterocycles. The topological polar surface area (TPSA) is 46.6 Å². The first kappa shape index (κ1) is 18.9. The molecule has 0 N–H and O–H groups in total. The summed E-state index contributed by atoms with van der Waals surface area (Å²) in [5, 5.41) is 0. The number of hydrogen-bond acceptors (Lipinski definition) is 3. The highest BCUT2D eigenvalue weighted by Crippen LogP contribution is 2.06. The maximum absolute atomic E-state index is 12.0. The molecular weight excluding hydrogens is 254 g/mol. The predicted octanol–water partition coefficient (Wildman–Crippen LogP) is 3.54. The molecule has 0 saturated carbocycles. The fourth-order valence-electron chi connectivity index (χ4n) is 2.07. The van der Waals surface area contributed by atoms with Gasteiger partial charge in [-0.1, -0.05) is 52.4 Å². The number of unbranched alkanes of at least 4 members (excludes halogenated alkanes) is 6. The largest absolute Gasteiger partial charge is 0.456 e. The Balaban J connectivity index is 4.07. The molecule has 0 aromatic carbocycles. The molecule has 118 valence electrons. The predicted molar refractivity (Wildman–Crippen MR) is 81.5 cm³/mol. The first-order chi connectivity index (χ1) is 9.61. The van der Waals surface area contributed by atoms with E-state index in [1.165, 1.54) is 32.6 Å². The summed E-state index contributed by atoms with van der Waals surface area (Å²) in [5.74, 6) is -0.455. The monoisotopic (exact) mass is 285 g/mol. The van der Waals surface area contributed by atoms with Gasteiger partial charge in [0.25, 0.3) is 5.91 Å². The SMILES string of the molecule is CCCCCCN(CCCCCC)C(=O)COC(C)=O. The van der Waals surface area contributed by atoms with Crippen LogP contribution in [-0.4, -0.2) is 36.5 Å². The maximum Gasteiger partial charge on any atom is 0.303 e. The second-order valence-electron chi connectivity index (χ2n) is 5.28. The smallest absolute Gasteiger partial charge is 0.303 e. The molecular formula is C16H31NO3. The van der Waals surface area contributed by atoms with Gasteiger partial charge in [-0.3, -0.25) is 9.59 Å². The lowest BCUT2D eigenvalue weighted by Gasteiger charge is -2.22. The Morgan fingerprint density at radius 3 is 1.75 bits per heavy atom. The molecule has 4 heteroatoms. The molecule has 1 amide bonds. The molecule has 20 heavy (non-hydrogen) atoms. The van der Waals surface area contributed by atoms with Gasteiger partial charge in [0, 0.05) is 20.0 Å². The highest BCUT2D eigenvalue weighted by atomic mass is 16.5. The van der Waals surface area contributed by atoms with Crippen molar-refractivity contribution >= 4 is 11.9 Å². The summed E-state index contributed by atoms with van der Waals surface area (Å²) in [6.45, 7) is 7.14. The van der Waals surface area contributed by atoms with E-state index >= 15 is 0 Å². The van der Waals surface area contributed by atoms with Gasteiger partial charge in [-0.05, 0) is 12.8 Å². The lowest BCUT2D eigenvalue weighted by Crippen LogP contribution is -2.36. The quantitative estimate of drug-likeness (QED) is 0.407. The van der Waals surface area contributed by atoms with Crippen molar-refractivity contribution in [1.82, 2.24) is 4.90 Å². The zero-order valence-corrected chi connectivity index (χ0v) is 13.5. The lowest BCUT2D eigenvalue weighted by atomic mass is 10.1. The number of amides is 1. The summed E-state index contributed by atoms with van der Waals surface area (Å²) in [4.78, 5) is 24.7. The Labute approximate surface area is 123 Å². The molecule has 0 radical (unpaired) electrons. The highest BCUT2D eigenvalue weighted by Gasteiger charge is 2.13. The van der Waals surface area contributed by atoms with Gasteiger partial charge < -0.3 is 9.64 Å². The van der Waals surface area contributed by atoms with Gasteiger partial charge in [0.2, 0.25) is 0 Å². The second-order valence-corrected chi connectivity index (χ2v) is 5.28. The van der Waals surface area contributed by atoms with Gasteiger partial charge in [-0.15, -0.1) is 0 Å². The standard InChI is InChI=1S/C16H31NO3/c1-4-6-8-10-12-17(13-11-9-7-5-2)16(19)14-20-15(3)18/h4-14H2,1-3H3. The Morgan fingerprint density at radius 1 is 0.850 bits per heavy atom. The Hall–Kier alpha value is -1.06. The van der Waals surface area contributed by atoms with E-state index < -0.39 is 5.97 Å². The molecule has 0 aromatic rings. The van der Waals surface area contributed by atoms with Gasteiger partial charge in [0.1, 0.15) is 0 Å². The summed E-state index contributed by atoms with van der Waals surface area (Å²) in [7, 11) is 0. The molecule has 0 fully saturated rings. The average Bonchev–Trinajstić information content (AvgIpc) is 2.43. The van der Waals surface area contributed by atoms with E-state index in [4.69, 9.17) is 4.74 Å². The second kappa shape index (κ2) is 12.9. The van der Waals surface area contributed by atoms with Gasteiger partial charge in [-0.25, -0.2) is 0 Å². The molecule has 0 unspecified atom stereocenters. The van der Waals surface area contributed by atoms with E-state index in [0.29, 0.717) is 0 Å². The van der Waals surface area contributed by atoms with Crippen molar-refractivity contribution in [3.8, 4) is 0 Å². The minimum atomic E-state index is -0.393. The summed E-state index contributed by atoms with van der Waals surface area (Å²) < 4.78 is 4.81. The molecule has 0 heterocycles. The zero-order chi connectivity index (χ0) is 15.2. The van der Waals surface area contributed by atoms with Crippen molar-refractivity contribution in [2.45, 2.75) is 72.1 Å². The van der Waals surface area contributed by atoms with E-state index in [-0.39, 0.29) is 12.5 Å². The fourth-order valence-corrected chi connectivity index (χ4v) is 2.07. The van der Waals surface area contributed by atoms with Crippen molar-refractivity contribution in [3.63, 3.8) is 0 Å². The molecule has 0 aromatic heterocycles. The number of ether oxygens (including phenoxy) is 1. The number of rotatable bonds is 12. The van der Waals surface area contributed by atoms with Crippen molar-refractivity contribution in [2.75, 3.05) is 19.7 Å². The van der Waals surface area contributed by atoms with Crippen LogP contribution >= 0.6 is 0 Å². The summed E-state index contributed by atoms with van der Waals surface area (Å²) in [6, 6.07) is 0. The minimum Gasteiger partial charge on any atom is -0.456 e. The number of hydrogen-bond donors (Lipinski definition) is 0. The van der Waals surface area contributed by atoms with E-state index in [9.17, 15) is 9.59 Å². The van der Waals surface area contributed by atoms with Gasteiger partial charge >= 0.3 is 5.97 Å². The van der Waals surface area contributed by atoms with Crippen molar-refractivity contribution in [2.24, 2.45) is 0 Å². The van der Waals surface area contributed by atoms with E-state index in [2.05, 4.69) is 13.8 Å². The normalized spacial score (nSPS) is 10.3. The first-order valence-corrected chi connectivity index (χ1v) is 8.02. The molecule has 0 aliphatic carbocycles. The molecule has 0 rings (SSSR count). The van der Waals surface area contributed by atoms with Crippen LogP contribution in [0.15, 0.2) is 0 Å². The van der Waals surface area contributed by atoms with Gasteiger partial charge in [0.15, 0.2) is 6.61 Å². The summed E-state index contributed by atoms with van der Waals surface area (Å²) >= 11 is 0. The highest BCUT2D eigenvalue weighted by molar-refractivity contribution is 5.80. The zero-order valence-electron chi connectivity index (χ0n) is 13.5. The van der Waals surface area contributed by atoms with Crippen LogP contribution < -0.4 is 0 Å². The fraction of sp³-hybridized carbons (Fsp3) is 0.875. The molecule has 4 nitrogen and oxygen atoms in total. The van der Waals surface area contributed by atoms with Gasteiger partial charge in [-0.2, -0.15) is 0 Å². The van der Waals surface area contributed by atoms with E-state index in [0.717, 1.165) is 38.8 Å². The van der Waals surface area contributed by atoms with Gasteiger partial charge in [0.05, 0.1) is 0 Å². The molecule has 0 spiro atoms. The third-order valence-electron chi connectivity index (χ3n) is 3.31. The number of carbonyl (C=O) groups excluding carboxylic acids is 2. The Morgan fingerprint density at radius 2 is 1.35 bits per heavy atom. The van der Waals surface area contributed by atoms with Crippen LogP contribution in [0.3, 0.4) is 0 Å². The van der Waals surface area contributed by atoms with Crippen LogP contribution in [0.25, 0.3) is 0 Å². The van der Waals surface area contributed by atoms with Crippen LogP contribution in [0.2, 0.25) is 0 Å².